The molecule has 2 aromatic carbocycles. The first-order valence-corrected chi connectivity index (χ1v) is 8.10. The highest BCUT2D eigenvalue weighted by atomic mass is 32.2. The predicted molar refractivity (Wildman–Crippen MR) is 94.3 cm³/mol. The zero-order chi connectivity index (χ0) is 15.2. The number of thioether (sulfide) groups is 1. The van der Waals surface area contributed by atoms with Gasteiger partial charge in [-0.15, -0.1) is 0 Å². The number of benzene rings is 2. The second kappa shape index (κ2) is 7.10. The van der Waals surface area contributed by atoms with Crippen molar-refractivity contribution in [2.75, 3.05) is 0 Å². The molecule has 0 aliphatic heterocycles. The van der Waals surface area contributed by atoms with Crippen molar-refractivity contribution in [1.82, 2.24) is 0 Å². The Morgan fingerprint density at radius 3 is 1.95 bits per heavy atom. The largest absolute Gasteiger partial charge is 0.184 e. The standard InChI is InChI=1S/C20H18NS/c1-17(22-20-10-6-3-7-11-20)16-21-14-12-19(13-15-21)18-8-4-2-5-9-18/h2-16H,1H3/q+1. The van der Waals surface area contributed by atoms with E-state index in [1.165, 1.54) is 20.9 Å². The second-order valence-corrected chi connectivity index (χ2v) is 6.37. The first-order chi connectivity index (χ1) is 10.8. The Kier molecular flexibility index (Phi) is 4.71. The van der Waals surface area contributed by atoms with Crippen LogP contribution in [0.2, 0.25) is 0 Å². The van der Waals surface area contributed by atoms with Gasteiger partial charge in [-0.1, -0.05) is 60.3 Å². The second-order valence-electron chi connectivity index (χ2n) is 5.05. The van der Waals surface area contributed by atoms with Gasteiger partial charge in [0.25, 0.3) is 0 Å². The van der Waals surface area contributed by atoms with Gasteiger partial charge in [0.1, 0.15) is 0 Å². The molecule has 0 bridgehead atoms. The number of hydrogen-bond acceptors (Lipinski definition) is 1. The maximum Gasteiger partial charge on any atom is 0.184 e. The molecule has 2 heteroatoms. The van der Waals surface area contributed by atoms with Crippen LogP contribution in [-0.2, 0) is 0 Å². The summed E-state index contributed by atoms with van der Waals surface area (Å²) < 4.78 is 2.09. The minimum Gasteiger partial charge on any atom is -0.173 e. The molecule has 0 N–H and O–H groups in total. The molecule has 0 radical (unpaired) electrons. The molecule has 0 spiro atoms. The average Bonchev–Trinajstić information content (AvgIpc) is 2.57. The molecule has 108 valence electrons. The summed E-state index contributed by atoms with van der Waals surface area (Å²) in [6.07, 6.45) is 6.33. The SMILES string of the molecule is CC(=C[n+]1ccc(-c2ccccc2)cc1)Sc1ccccc1. The summed E-state index contributed by atoms with van der Waals surface area (Å²) in [7, 11) is 0. The van der Waals surface area contributed by atoms with Crippen molar-refractivity contribution >= 4 is 18.0 Å². The summed E-state index contributed by atoms with van der Waals surface area (Å²) >= 11 is 1.78. The van der Waals surface area contributed by atoms with Crippen LogP contribution < -0.4 is 4.57 Å². The Hall–Kier alpha value is -2.32. The van der Waals surface area contributed by atoms with Gasteiger partial charge < -0.3 is 0 Å². The van der Waals surface area contributed by atoms with Crippen LogP contribution in [0.5, 0.6) is 0 Å². The molecule has 0 aliphatic carbocycles. The van der Waals surface area contributed by atoms with E-state index < -0.39 is 0 Å². The van der Waals surface area contributed by atoms with Gasteiger partial charge in [0.05, 0.1) is 4.91 Å². The summed E-state index contributed by atoms with van der Waals surface area (Å²) in [4.78, 5) is 2.52. The monoisotopic (exact) mass is 304 g/mol. The van der Waals surface area contributed by atoms with Gasteiger partial charge in [0, 0.05) is 17.0 Å². The van der Waals surface area contributed by atoms with E-state index in [4.69, 9.17) is 0 Å². The van der Waals surface area contributed by atoms with Gasteiger partial charge in [0.2, 0.25) is 0 Å². The van der Waals surface area contributed by atoms with Crippen molar-refractivity contribution in [3.8, 4) is 11.1 Å². The highest BCUT2D eigenvalue weighted by Gasteiger charge is 2.02. The van der Waals surface area contributed by atoms with Gasteiger partial charge in [-0.25, -0.2) is 0 Å². The summed E-state index contributed by atoms with van der Waals surface area (Å²) in [5, 5.41) is 0. The summed E-state index contributed by atoms with van der Waals surface area (Å²) in [6, 6.07) is 25.2. The van der Waals surface area contributed by atoms with E-state index in [1.54, 1.807) is 11.8 Å². The van der Waals surface area contributed by atoms with Crippen molar-refractivity contribution < 1.29 is 4.57 Å². The van der Waals surface area contributed by atoms with Gasteiger partial charge in [-0.05, 0) is 30.2 Å². The fourth-order valence-electron chi connectivity index (χ4n) is 2.26. The van der Waals surface area contributed by atoms with Crippen molar-refractivity contribution in [2.45, 2.75) is 11.8 Å². The minimum absolute atomic E-state index is 1.23. The quantitative estimate of drug-likeness (QED) is 0.470. The Labute approximate surface area is 136 Å². The predicted octanol–water partition coefficient (Wildman–Crippen LogP) is 5.25. The van der Waals surface area contributed by atoms with E-state index in [1.807, 2.05) is 12.1 Å². The maximum atomic E-state index is 2.15. The third kappa shape index (κ3) is 3.86. The number of nitrogens with zero attached hydrogens (tertiary/aromatic N) is 1. The molecule has 1 heterocycles. The molecule has 1 aromatic heterocycles. The van der Waals surface area contributed by atoms with E-state index in [2.05, 4.69) is 90.7 Å². The first kappa shape index (κ1) is 14.6. The maximum absolute atomic E-state index is 2.15. The number of aromatic nitrogens is 1. The van der Waals surface area contributed by atoms with Crippen LogP contribution in [0, 0.1) is 0 Å². The molecule has 3 aromatic rings. The van der Waals surface area contributed by atoms with Gasteiger partial charge in [0.15, 0.2) is 18.6 Å². The molecule has 0 amide bonds. The average molecular weight is 304 g/mol. The molecule has 0 fully saturated rings. The molecule has 0 unspecified atom stereocenters. The highest BCUT2D eigenvalue weighted by Crippen LogP contribution is 2.25. The van der Waals surface area contributed by atoms with Crippen molar-refractivity contribution in [3.63, 3.8) is 0 Å². The Morgan fingerprint density at radius 1 is 0.773 bits per heavy atom. The van der Waals surface area contributed by atoms with Crippen LogP contribution in [0.15, 0.2) is 95.0 Å². The highest BCUT2D eigenvalue weighted by molar-refractivity contribution is 8.03. The van der Waals surface area contributed by atoms with Crippen molar-refractivity contribution in [3.05, 3.63) is 90.1 Å². The number of pyridine rings is 1. The number of allylic oxidation sites excluding steroid dienone is 1. The number of hydrogen-bond donors (Lipinski definition) is 0. The smallest absolute Gasteiger partial charge is 0.173 e. The van der Waals surface area contributed by atoms with Crippen molar-refractivity contribution in [2.24, 2.45) is 0 Å². The van der Waals surface area contributed by atoms with Crippen molar-refractivity contribution in [1.29, 1.82) is 0 Å². The Morgan fingerprint density at radius 2 is 1.32 bits per heavy atom. The van der Waals surface area contributed by atoms with Crippen LogP contribution in [0.4, 0.5) is 0 Å². The lowest BCUT2D eigenvalue weighted by Gasteiger charge is -2.00. The fourth-order valence-corrected chi connectivity index (χ4v) is 3.10. The van der Waals surface area contributed by atoms with Crippen LogP contribution >= 0.6 is 11.8 Å². The zero-order valence-corrected chi connectivity index (χ0v) is 13.3. The molecular weight excluding hydrogens is 286 g/mol. The molecule has 0 saturated heterocycles. The van der Waals surface area contributed by atoms with Crippen LogP contribution in [0.1, 0.15) is 6.92 Å². The first-order valence-electron chi connectivity index (χ1n) is 7.29. The lowest BCUT2D eigenvalue weighted by molar-refractivity contribution is -0.568. The van der Waals surface area contributed by atoms with E-state index in [-0.39, 0.29) is 0 Å². The molecule has 0 atom stereocenters. The molecule has 0 aliphatic rings. The summed E-state index contributed by atoms with van der Waals surface area (Å²) in [5.74, 6) is 0. The molecular formula is C20H18NS+. The van der Waals surface area contributed by atoms with Gasteiger partial charge in [-0.2, -0.15) is 4.57 Å². The molecule has 22 heavy (non-hydrogen) atoms. The van der Waals surface area contributed by atoms with E-state index in [0.29, 0.717) is 0 Å². The molecule has 3 rings (SSSR count). The molecule has 1 nitrogen and oxygen atoms in total. The van der Waals surface area contributed by atoms with Gasteiger partial charge in [-0.3, -0.25) is 0 Å². The topological polar surface area (TPSA) is 3.88 Å². The summed E-state index contributed by atoms with van der Waals surface area (Å²) in [6.45, 7) is 2.13. The van der Waals surface area contributed by atoms with Gasteiger partial charge >= 0.3 is 0 Å². The summed E-state index contributed by atoms with van der Waals surface area (Å²) in [5.41, 5.74) is 2.48. The van der Waals surface area contributed by atoms with Crippen LogP contribution in [-0.4, -0.2) is 0 Å². The van der Waals surface area contributed by atoms with E-state index in [0.717, 1.165) is 0 Å². The lowest BCUT2D eigenvalue weighted by Crippen LogP contribution is -2.24. The lowest BCUT2D eigenvalue weighted by atomic mass is 10.1. The minimum atomic E-state index is 1.23. The zero-order valence-electron chi connectivity index (χ0n) is 12.5. The van der Waals surface area contributed by atoms with E-state index in [9.17, 15) is 0 Å². The third-order valence-electron chi connectivity index (χ3n) is 3.31. The normalized spacial score (nSPS) is 11.4. The fraction of sp³-hybridized carbons (Fsp3) is 0.0500. The van der Waals surface area contributed by atoms with Crippen LogP contribution in [0.25, 0.3) is 17.3 Å². The Bertz CT molecular complexity index is 747. The number of rotatable bonds is 4. The Balaban J connectivity index is 1.74. The third-order valence-corrected chi connectivity index (χ3v) is 4.25. The van der Waals surface area contributed by atoms with Crippen LogP contribution in [0.3, 0.4) is 0 Å². The molecule has 0 saturated carbocycles. The van der Waals surface area contributed by atoms with E-state index >= 15 is 0 Å².